The lowest BCUT2D eigenvalue weighted by Gasteiger charge is -2.14. The topological polar surface area (TPSA) is 75.7 Å². The maximum absolute atomic E-state index is 13.0. The van der Waals surface area contributed by atoms with Crippen LogP contribution >= 0.6 is 15.9 Å². The fourth-order valence-electron chi connectivity index (χ4n) is 3.25. The SMILES string of the molecule is COc1ccc(Br)cc1C(=O)Nc1cccc2c1C(=O)N(c1ccccc1)C2=O. The van der Waals surface area contributed by atoms with Gasteiger partial charge >= 0.3 is 0 Å². The number of ether oxygens (including phenoxy) is 1. The Bertz CT molecular complexity index is 1140. The van der Waals surface area contributed by atoms with Gasteiger partial charge in [-0.2, -0.15) is 0 Å². The summed E-state index contributed by atoms with van der Waals surface area (Å²) in [6.07, 6.45) is 0. The minimum atomic E-state index is -0.478. The average Bonchev–Trinajstić information content (AvgIpc) is 2.99. The van der Waals surface area contributed by atoms with Crippen LogP contribution in [0.25, 0.3) is 0 Å². The molecule has 0 fully saturated rings. The van der Waals surface area contributed by atoms with E-state index in [0.29, 0.717) is 21.5 Å². The number of carbonyl (C=O) groups excluding carboxylic acids is 3. The van der Waals surface area contributed by atoms with Gasteiger partial charge in [0, 0.05) is 4.47 Å². The van der Waals surface area contributed by atoms with Crippen molar-refractivity contribution in [2.24, 2.45) is 0 Å². The molecule has 7 heteroatoms. The first-order valence-corrected chi connectivity index (χ1v) is 9.52. The molecule has 29 heavy (non-hydrogen) atoms. The molecule has 144 valence electrons. The monoisotopic (exact) mass is 450 g/mol. The molecule has 0 aromatic heterocycles. The van der Waals surface area contributed by atoms with Gasteiger partial charge in [-0.1, -0.05) is 40.2 Å². The van der Waals surface area contributed by atoms with Gasteiger partial charge in [0.25, 0.3) is 17.7 Å². The number of hydrogen-bond acceptors (Lipinski definition) is 4. The third-order valence-corrected chi connectivity index (χ3v) is 5.08. The highest BCUT2D eigenvalue weighted by Crippen LogP contribution is 2.33. The molecule has 4 rings (SSSR count). The number of nitrogens with one attached hydrogen (secondary N) is 1. The van der Waals surface area contributed by atoms with Gasteiger partial charge in [0.05, 0.1) is 35.2 Å². The predicted octanol–water partition coefficient (Wildman–Crippen LogP) is 4.51. The van der Waals surface area contributed by atoms with Crippen molar-refractivity contribution >= 4 is 45.0 Å². The van der Waals surface area contributed by atoms with Crippen molar-refractivity contribution in [2.75, 3.05) is 17.3 Å². The minimum Gasteiger partial charge on any atom is -0.496 e. The summed E-state index contributed by atoms with van der Waals surface area (Å²) in [6, 6.07) is 18.5. The van der Waals surface area contributed by atoms with Crippen LogP contribution in [0.15, 0.2) is 71.2 Å². The summed E-state index contributed by atoms with van der Waals surface area (Å²) in [4.78, 5) is 39.8. The van der Waals surface area contributed by atoms with E-state index in [-0.39, 0.29) is 16.8 Å². The highest BCUT2D eigenvalue weighted by molar-refractivity contribution is 9.10. The summed E-state index contributed by atoms with van der Waals surface area (Å²) in [5, 5.41) is 2.74. The molecule has 1 heterocycles. The van der Waals surface area contributed by atoms with Gasteiger partial charge in [-0.15, -0.1) is 0 Å². The number of halogens is 1. The summed E-state index contributed by atoms with van der Waals surface area (Å²) in [5.74, 6) is -0.956. The highest BCUT2D eigenvalue weighted by Gasteiger charge is 2.38. The highest BCUT2D eigenvalue weighted by atomic mass is 79.9. The molecular formula is C22H15BrN2O4. The van der Waals surface area contributed by atoms with Crippen LogP contribution in [-0.4, -0.2) is 24.8 Å². The minimum absolute atomic E-state index is 0.170. The maximum atomic E-state index is 13.0. The molecular weight excluding hydrogens is 436 g/mol. The lowest BCUT2D eigenvalue weighted by Crippen LogP contribution is -2.29. The number of fused-ring (bicyclic) bond motifs is 1. The van der Waals surface area contributed by atoms with Crippen LogP contribution in [0.1, 0.15) is 31.1 Å². The molecule has 0 unspecified atom stereocenters. The fraction of sp³-hybridized carbons (Fsp3) is 0.0455. The Kier molecular flexibility index (Phi) is 4.90. The molecule has 3 amide bonds. The smallest absolute Gasteiger partial charge is 0.268 e. The molecule has 3 aromatic rings. The third-order valence-electron chi connectivity index (χ3n) is 4.58. The second kappa shape index (κ2) is 7.52. The number of carbonyl (C=O) groups is 3. The third kappa shape index (κ3) is 3.30. The van der Waals surface area contributed by atoms with Gasteiger partial charge in [-0.3, -0.25) is 14.4 Å². The van der Waals surface area contributed by atoms with E-state index in [1.807, 2.05) is 0 Å². The largest absolute Gasteiger partial charge is 0.496 e. The van der Waals surface area contributed by atoms with Crippen molar-refractivity contribution < 1.29 is 19.1 Å². The molecule has 0 aliphatic carbocycles. The van der Waals surface area contributed by atoms with Crippen LogP contribution in [0.4, 0.5) is 11.4 Å². The normalized spacial score (nSPS) is 12.7. The first kappa shape index (κ1) is 18.9. The number of rotatable bonds is 4. The molecule has 0 radical (unpaired) electrons. The zero-order valence-corrected chi connectivity index (χ0v) is 16.9. The first-order valence-electron chi connectivity index (χ1n) is 8.73. The number of nitrogens with zero attached hydrogens (tertiary/aromatic N) is 1. The zero-order chi connectivity index (χ0) is 20.5. The van der Waals surface area contributed by atoms with E-state index < -0.39 is 17.7 Å². The summed E-state index contributed by atoms with van der Waals surface area (Å²) < 4.78 is 5.97. The van der Waals surface area contributed by atoms with Crippen LogP contribution in [0, 0.1) is 0 Å². The quantitative estimate of drug-likeness (QED) is 0.593. The van der Waals surface area contributed by atoms with E-state index in [0.717, 1.165) is 4.90 Å². The van der Waals surface area contributed by atoms with Crippen LogP contribution in [0.5, 0.6) is 5.75 Å². The number of methoxy groups -OCH3 is 1. The van der Waals surface area contributed by atoms with Crippen molar-refractivity contribution in [3.63, 3.8) is 0 Å². The number of imide groups is 1. The van der Waals surface area contributed by atoms with E-state index in [2.05, 4.69) is 21.2 Å². The van der Waals surface area contributed by atoms with Crippen molar-refractivity contribution in [3.05, 3.63) is 87.9 Å². The van der Waals surface area contributed by atoms with E-state index in [9.17, 15) is 14.4 Å². The summed E-state index contributed by atoms with van der Waals surface area (Å²) in [7, 11) is 1.47. The molecule has 0 saturated heterocycles. The lowest BCUT2D eigenvalue weighted by molar-refractivity contribution is 0.0926. The van der Waals surface area contributed by atoms with Crippen molar-refractivity contribution in [2.45, 2.75) is 0 Å². The number of hydrogen-bond donors (Lipinski definition) is 1. The second-order valence-electron chi connectivity index (χ2n) is 6.31. The lowest BCUT2D eigenvalue weighted by atomic mass is 10.1. The molecule has 0 atom stereocenters. The van der Waals surface area contributed by atoms with Gasteiger partial charge in [0.15, 0.2) is 0 Å². The Morgan fingerprint density at radius 2 is 1.72 bits per heavy atom. The van der Waals surface area contributed by atoms with Crippen LogP contribution < -0.4 is 15.0 Å². The number of para-hydroxylation sites is 1. The van der Waals surface area contributed by atoms with Crippen LogP contribution in [-0.2, 0) is 0 Å². The van der Waals surface area contributed by atoms with E-state index in [1.165, 1.54) is 7.11 Å². The van der Waals surface area contributed by atoms with Crippen LogP contribution in [0.2, 0.25) is 0 Å². The van der Waals surface area contributed by atoms with E-state index in [1.54, 1.807) is 66.7 Å². The Morgan fingerprint density at radius 3 is 2.45 bits per heavy atom. The van der Waals surface area contributed by atoms with Crippen LogP contribution in [0.3, 0.4) is 0 Å². The molecule has 1 N–H and O–H groups in total. The van der Waals surface area contributed by atoms with Gasteiger partial charge in [0.2, 0.25) is 0 Å². The van der Waals surface area contributed by atoms with Crippen molar-refractivity contribution in [1.82, 2.24) is 0 Å². The number of benzene rings is 3. The molecule has 0 bridgehead atoms. The Balaban J connectivity index is 1.72. The molecule has 0 saturated carbocycles. The predicted molar refractivity (Wildman–Crippen MR) is 113 cm³/mol. The summed E-state index contributed by atoms with van der Waals surface area (Å²) >= 11 is 3.34. The summed E-state index contributed by atoms with van der Waals surface area (Å²) in [6.45, 7) is 0. The fourth-order valence-corrected chi connectivity index (χ4v) is 3.61. The number of anilines is 2. The van der Waals surface area contributed by atoms with Gasteiger partial charge < -0.3 is 10.1 Å². The second-order valence-corrected chi connectivity index (χ2v) is 7.22. The molecule has 6 nitrogen and oxygen atoms in total. The Morgan fingerprint density at radius 1 is 0.966 bits per heavy atom. The molecule has 0 spiro atoms. The first-order chi connectivity index (χ1) is 14.0. The average molecular weight is 451 g/mol. The number of amides is 3. The molecule has 1 aliphatic heterocycles. The summed E-state index contributed by atoms with van der Waals surface area (Å²) in [5.41, 5.74) is 1.47. The Labute approximate surface area is 175 Å². The zero-order valence-electron chi connectivity index (χ0n) is 15.3. The van der Waals surface area contributed by atoms with E-state index in [4.69, 9.17) is 4.74 Å². The molecule has 1 aliphatic rings. The standard InChI is InChI=1S/C22H15BrN2O4/c1-29-18-11-10-13(23)12-16(18)20(26)24-17-9-5-8-15-19(17)22(28)25(21(15)27)14-6-3-2-4-7-14/h2-12H,1H3,(H,24,26). The van der Waals surface area contributed by atoms with Gasteiger partial charge in [-0.25, -0.2) is 4.90 Å². The maximum Gasteiger partial charge on any atom is 0.268 e. The van der Waals surface area contributed by atoms with E-state index >= 15 is 0 Å². The molecule has 3 aromatic carbocycles. The van der Waals surface area contributed by atoms with Crippen molar-refractivity contribution in [1.29, 1.82) is 0 Å². The van der Waals surface area contributed by atoms with Gasteiger partial charge in [0.1, 0.15) is 5.75 Å². The Hall–Kier alpha value is -3.45. The van der Waals surface area contributed by atoms with Crippen molar-refractivity contribution in [3.8, 4) is 5.75 Å². The van der Waals surface area contributed by atoms with Gasteiger partial charge in [-0.05, 0) is 42.5 Å².